The van der Waals surface area contributed by atoms with E-state index in [1.165, 1.54) is 31.8 Å². The fourth-order valence-corrected chi connectivity index (χ4v) is 11.1. The minimum atomic E-state index is -0.866. The molecule has 2 saturated carbocycles. The summed E-state index contributed by atoms with van der Waals surface area (Å²) in [6.45, 7) is 9.90. The Morgan fingerprint density at radius 2 is 1.13 bits per heavy atom. The van der Waals surface area contributed by atoms with E-state index < -0.39 is 11.6 Å². The SMILES string of the molecule is CN(C/C=C/C(=O)N1CC[C@@H](Nc2n[nH]c3nccc(Oc4ccc(C(=O)Nc5ccccn5)cc4)c23)C1)C1CC1.CN(C/C=C/C(=O)O)C1CC1.COc1ccc(Cn2nc(N[C@@H]3CCN(C(=O)OC(C)(C)C)C3)c3c(Oc4ccc(C(=O)Nc5ccccn5)cc4)ccnc32)cc1. The molecule has 0 radical (unpaired) electrons. The number of methoxy groups -OCH3 is 1. The number of nitrogens with zero attached hydrogens (tertiary/aromatic N) is 11. The lowest BCUT2D eigenvalue weighted by Crippen LogP contribution is -2.36. The van der Waals surface area contributed by atoms with Crippen LogP contribution >= 0.6 is 0 Å². The maximum atomic E-state index is 12.7. The van der Waals surface area contributed by atoms with Gasteiger partial charge in [0.05, 0.1) is 13.7 Å². The second-order valence-corrected chi connectivity index (χ2v) is 25.5. The van der Waals surface area contributed by atoms with Crippen molar-refractivity contribution >= 4 is 75.1 Å². The number of carbonyl (C=O) groups is 5. The number of aromatic amines is 1. The Morgan fingerprint density at radius 1 is 0.606 bits per heavy atom. The van der Waals surface area contributed by atoms with Crippen LogP contribution in [-0.2, 0) is 20.9 Å². The van der Waals surface area contributed by atoms with E-state index in [2.05, 4.69) is 68.2 Å². The first-order chi connectivity index (χ1) is 47.9. The number of aliphatic carboxylic acids is 1. The third-order valence-electron chi connectivity index (χ3n) is 16.7. The van der Waals surface area contributed by atoms with Crippen molar-refractivity contribution in [1.29, 1.82) is 0 Å². The molecule has 0 spiro atoms. The first kappa shape index (κ1) is 69.1. The van der Waals surface area contributed by atoms with E-state index >= 15 is 0 Å². The number of H-pyrrole nitrogens is 1. The Balaban J connectivity index is 0.000000174. The molecule has 13 rings (SSSR count). The zero-order valence-electron chi connectivity index (χ0n) is 56.2. The highest BCUT2D eigenvalue weighted by Crippen LogP contribution is 2.37. The molecule has 4 amide bonds. The van der Waals surface area contributed by atoms with E-state index in [1.807, 2.05) is 73.8 Å². The van der Waals surface area contributed by atoms with Gasteiger partial charge in [-0.3, -0.25) is 29.3 Å². The fourth-order valence-electron chi connectivity index (χ4n) is 11.1. The number of aromatic nitrogens is 8. The molecular formula is C73H82N16O10. The van der Waals surface area contributed by atoms with E-state index in [0.29, 0.717) is 119 Å². The molecule has 0 bridgehead atoms. The van der Waals surface area contributed by atoms with E-state index in [1.54, 1.807) is 140 Å². The number of hydrogen-bond donors (Lipinski definition) is 6. The van der Waals surface area contributed by atoms with Crippen molar-refractivity contribution in [2.75, 3.05) is 81.7 Å². The Bertz CT molecular complexity index is 4290. The largest absolute Gasteiger partial charge is 0.497 e. The number of likely N-dealkylation sites (N-methyl/N-ethyl adjacent to an activating group) is 2. The number of ether oxygens (including phenoxy) is 4. The summed E-state index contributed by atoms with van der Waals surface area (Å²) in [6, 6.07) is 37.1. The molecule has 6 N–H and O–H groups in total. The summed E-state index contributed by atoms with van der Waals surface area (Å²) in [4.78, 5) is 86.1. The van der Waals surface area contributed by atoms with Gasteiger partial charge >= 0.3 is 12.1 Å². The predicted molar refractivity (Wildman–Crippen MR) is 377 cm³/mol. The number of rotatable bonds is 23. The Labute approximate surface area is 573 Å². The van der Waals surface area contributed by atoms with Gasteiger partial charge in [-0.1, -0.05) is 36.4 Å². The lowest BCUT2D eigenvalue weighted by molar-refractivity contribution is -0.131. The average Bonchev–Trinajstić information content (AvgIpc) is 1.64. The Kier molecular flexibility index (Phi) is 22.5. The van der Waals surface area contributed by atoms with Gasteiger partial charge in [0.1, 0.15) is 56.8 Å². The number of carboxylic acid groups (broad SMARTS) is 1. The van der Waals surface area contributed by atoms with E-state index in [9.17, 15) is 24.0 Å². The van der Waals surface area contributed by atoms with Crippen LogP contribution in [0.5, 0.6) is 28.7 Å². The van der Waals surface area contributed by atoms with Gasteiger partial charge in [-0.05, 0) is 164 Å². The number of likely N-dealkylation sites (tertiary alicyclic amines) is 2. The second-order valence-electron chi connectivity index (χ2n) is 25.5. The number of fused-ring (bicyclic) bond motifs is 2. The monoisotopic (exact) mass is 1340 g/mol. The van der Waals surface area contributed by atoms with Gasteiger partial charge in [0.15, 0.2) is 22.9 Å². The topological polar surface area (TPSA) is 302 Å². The van der Waals surface area contributed by atoms with Crippen LogP contribution in [0.15, 0.2) is 170 Å². The molecule has 0 unspecified atom stereocenters. The standard InChI is InChI=1S/C35H37N7O5.C30H32N8O3.C8H13NO2/c1-35(2,3)47-34(44)41-20-17-25(22-41)38-31-30-28(16-19-37-32(30)42(40-31)21-23-8-12-26(45-4)13-9-23)46-27-14-10-24(11-15-27)33(43)39-29-7-5-6-18-36-29;1-37(22-9-10-22)17-4-6-26(39)38-18-14-21(19-38)33-29-27-24(13-16-32-28(27)35-36-29)41-23-11-7-20(8-12-23)30(40)34-25-5-2-3-15-31-25;1-9(7-4-5-7)6-2-3-8(10)11/h5-16,18-19,25H,17,20-22H2,1-4H3,(H,38,40)(H,36,39,43);2-8,11-13,15-16,21-22H,9-10,14,17-19H2,1H3,(H,31,34,40)(H2,32,33,35,36);2-3,7H,4-6H2,1H3,(H,10,11)/b;6-4+;3-2+/t25-;21-;/m11./s1. The molecule has 2 aliphatic carbocycles. The first-order valence-electron chi connectivity index (χ1n) is 33.0. The summed E-state index contributed by atoms with van der Waals surface area (Å²) >= 11 is 0. The van der Waals surface area contributed by atoms with E-state index in [-0.39, 0.29) is 35.9 Å². The van der Waals surface area contributed by atoms with Crippen molar-refractivity contribution in [2.45, 2.75) is 95.6 Å². The molecule has 8 heterocycles. The van der Waals surface area contributed by atoms with Gasteiger partial charge in [0.2, 0.25) is 5.91 Å². The van der Waals surface area contributed by atoms with E-state index in [0.717, 1.165) is 42.6 Å². The van der Waals surface area contributed by atoms with Crippen molar-refractivity contribution in [3.05, 3.63) is 187 Å². The van der Waals surface area contributed by atoms with Crippen LogP contribution in [0.3, 0.4) is 0 Å². The zero-order valence-corrected chi connectivity index (χ0v) is 56.2. The predicted octanol–water partition coefficient (Wildman–Crippen LogP) is 11.1. The quantitative estimate of drug-likeness (QED) is 0.0324. The number of anilines is 4. The van der Waals surface area contributed by atoms with Gasteiger partial charge in [0, 0.05) is 124 Å². The summed E-state index contributed by atoms with van der Waals surface area (Å²) in [5.41, 5.74) is 2.62. The number of amides is 4. The second kappa shape index (κ2) is 32.2. The number of pyridine rings is 4. The number of carboxylic acids is 1. The number of benzene rings is 3. The first-order valence-corrected chi connectivity index (χ1v) is 33.0. The molecule has 6 aromatic heterocycles. The normalized spacial score (nSPS) is 15.9. The van der Waals surface area contributed by atoms with Crippen molar-refractivity contribution in [3.8, 4) is 28.7 Å². The minimum Gasteiger partial charge on any atom is -0.497 e. The van der Waals surface area contributed by atoms with E-state index in [4.69, 9.17) is 29.2 Å². The third-order valence-corrected chi connectivity index (χ3v) is 16.7. The summed E-state index contributed by atoms with van der Waals surface area (Å²) in [7, 11) is 5.75. The molecule has 514 valence electrons. The Morgan fingerprint density at radius 3 is 1.67 bits per heavy atom. The van der Waals surface area contributed by atoms with Crippen LogP contribution in [0, 0.1) is 0 Å². The van der Waals surface area contributed by atoms with Crippen LogP contribution in [0.2, 0.25) is 0 Å². The van der Waals surface area contributed by atoms with Crippen LogP contribution in [-0.4, -0.2) is 185 Å². The van der Waals surface area contributed by atoms with Crippen LogP contribution in [0.25, 0.3) is 22.1 Å². The highest BCUT2D eigenvalue weighted by Gasteiger charge is 2.33. The summed E-state index contributed by atoms with van der Waals surface area (Å²) < 4.78 is 25.3. The number of carbonyl (C=O) groups excluding carboxylic acids is 4. The lowest BCUT2D eigenvalue weighted by atomic mass is 10.2. The summed E-state index contributed by atoms with van der Waals surface area (Å²) in [5, 5.41) is 34.6. The zero-order chi connectivity index (χ0) is 69.4. The van der Waals surface area contributed by atoms with Gasteiger partial charge in [-0.25, -0.2) is 34.2 Å². The van der Waals surface area contributed by atoms with Gasteiger partial charge in [-0.2, -0.15) is 10.2 Å². The molecule has 9 aromatic rings. The molecule has 3 aromatic carbocycles. The molecular weight excluding hydrogens is 1260 g/mol. The molecule has 26 heteroatoms. The van der Waals surface area contributed by atoms with Gasteiger partial charge in [0.25, 0.3) is 11.8 Å². The van der Waals surface area contributed by atoms with Crippen LogP contribution in [0.1, 0.15) is 85.6 Å². The third kappa shape index (κ3) is 19.5. The fraction of sp³-hybridized carbons (Fsp3) is 0.329. The number of nitrogens with one attached hydrogen (secondary N) is 5. The molecule has 4 fully saturated rings. The van der Waals surface area contributed by atoms with Gasteiger partial charge in [-0.15, -0.1) is 0 Å². The molecule has 2 atom stereocenters. The van der Waals surface area contributed by atoms with Crippen molar-refractivity contribution in [2.24, 2.45) is 0 Å². The van der Waals surface area contributed by atoms with Gasteiger partial charge < -0.3 is 55.1 Å². The maximum Gasteiger partial charge on any atom is 0.410 e. The molecule has 2 aliphatic heterocycles. The Hall–Kier alpha value is -11.3. The summed E-state index contributed by atoms with van der Waals surface area (Å²) in [6.07, 6.45) is 19.3. The smallest absolute Gasteiger partial charge is 0.410 e. The lowest BCUT2D eigenvalue weighted by Gasteiger charge is -2.24. The minimum absolute atomic E-state index is 0.0354. The molecule has 4 aliphatic rings. The number of hydrogen-bond acceptors (Lipinski definition) is 19. The molecule has 26 nitrogen and oxygen atoms in total. The van der Waals surface area contributed by atoms with Crippen molar-refractivity contribution in [1.82, 2.24) is 59.5 Å². The highest BCUT2D eigenvalue weighted by molar-refractivity contribution is 6.04. The van der Waals surface area contributed by atoms with Crippen LogP contribution in [0.4, 0.5) is 28.1 Å². The van der Waals surface area contributed by atoms with Crippen molar-refractivity contribution in [3.63, 3.8) is 0 Å². The van der Waals surface area contributed by atoms with Crippen LogP contribution < -0.4 is 35.5 Å². The molecule has 99 heavy (non-hydrogen) atoms. The van der Waals surface area contributed by atoms with Crippen molar-refractivity contribution < 1.29 is 48.0 Å². The summed E-state index contributed by atoms with van der Waals surface area (Å²) in [5.74, 6) is 3.81. The average molecular weight is 1340 g/mol. The maximum absolute atomic E-state index is 12.7. The molecule has 2 saturated heterocycles. The highest BCUT2D eigenvalue weighted by atomic mass is 16.6.